The predicted octanol–water partition coefficient (Wildman–Crippen LogP) is 1.98. The molecule has 0 aliphatic rings. The van der Waals surface area contributed by atoms with E-state index in [-0.39, 0.29) is 5.41 Å². The van der Waals surface area contributed by atoms with Gasteiger partial charge in [0.25, 0.3) is 0 Å². The van der Waals surface area contributed by atoms with Crippen LogP contribution < -0.4 is 5.73 Å². The van der Waals surface area contributed by atoms with Crippen molar-refractivity contribution in [3.8, 4) is 0 Å². The van der Waals surface area contributed by atoms with Gasteiger partial charge in [-0.3, -0.25) is 0 Å². The lowest BCUT2D eigenvalue weighted by Gasteiger charge is -2.15. The second-order valence-corrected chi connectivity index (χ2v) is 5.27. The van der Waals surface area contributed by atoms with E-state index >= 15 is 0 Å². The molecule has 0 bridgehead atoms. The summed E-state index contributed by atoms with van der Waals surface area (Å²) in [7, 11) is 2.01. The van der Waals surface area contributed by atoms with Gasteiger partial charge in [0.05, 0.1) is 5.69 Å². The highest BCUT2D eigenvalue weighted by Crippen LogP contribution is 2.29. The zero-order chi connectivity index (χ0) is 10.9. The maximum Gasteiger partial charge on any atom is 0.110 e. The Bertz CT molecular complexity index is 323. The Morgan fingerprint density at radius 2 is 2.00 bits per heavy atom. The molecule has 80 valence electrons. The number of halogens is 1. The molecule has 1 rings (SSSR count). The lowest BCUT2D eigenvalue weighted by atomic mass is 9.93. The smallest absolute Gasteiger partial charge is 0.110 e. The summed E-state index contributed by atoms with van der Waals surface area (Å²) in [6, 6.07) is 0. The molecule has 1 aromatic rings. The second kappa shape index (κ2) is 4.03. The molecule has 14 heavy (non-hydrogen) atoms. The first-order valence-electron chi connectivity index (χ1n) is 4.79. The molecule has 4 heteroatoms. The number of nitrogens with zero attached hydrogens (tertiary/aromatic N) is 2. The molecule has 0 saturated carbocycles. The van der Waals surface area contributed by atoms with Crippen LogP contribution >= 0.6 is 15.9 Å². The van der Waals surface area contributed by atoms with E-state index in [0.717, 1.165) is 22.5 Å². The average Bonchev–Trinajstić information content (AvgIpc) is 2.32. The van der Waals surface area contributed by atoms with Gasteiger partial charge in [0.15, 0.2) is 0 Å². The van der Waals surface area contributed by atoms with Crippen LogP contribution in [0.25, 0.3) is 0 Å². The fourth-order valence-corrected chi connectivity index (χ4v) is 2.24. The summed E-state index contributed by atoms with van der Waals surface area (Å²) in [6.45, 7) is 7.12. The molecule has 0 amide bonds. The minimum absolute atomic E-state index is 0.0729. The molecular formula is C10H18BrN3. The lowest BCUT2D eigenvalue weighted by Crippen LogP contribution is -2.12. The van der Waals surface area contributed by atoms with Crippen molar-refractivity contribution in [1.29, 1.82) is 0 Å². The molecule has 1 heterocycles. The predicted molar refractivity (Wildman–Crippen MR) is 62.4 cm³/mol. The Balaban J connectivity index is 3.15. The van der Waals surface area contributed by atoms with Crippen molar-refractivity contribution in [3.63, 3.8) is 0 Å². The van der Waals surface area contributed by atoms with Crippen LogP contribution in [0.2, 0.25) is 0 Å². The van der Waals surface area contributed by atoms with Crippen molar-refractivity contribution in [3.05, 3.63) is 16.1 Å². The minimum atomic E-state index is 0.0729. The quantitative estimate of drug-likeness (QED) is 0.883. The molecule has 0 saturated heterocycles. The van der Waals surface area contributed by atoms with Crippen LogP contribution in [0.4, 0.5) is 0 Å². The van der Waals surface area contributed by atoms with Gasteiger partial charge in [-0.2, -0.15) is 0 Å². The van der Waals surface area contributed by atoms with Gasteiger partial charge in [0.2, 0.25) is 0 Å². The molecule has 3 nitrogen and oxygen atoms in total. The first-order valence-corrected chi connectivity index (χ1v) is 5.59. The first kappa shape index (κ1) is 11.7. The molecule has 0 fully saturated rings. The standard InChI is InChI=1S/C10H18BrN3/c1-10(2,3)8-9(11)14(4)7(13-8)5-6-12/h5-6,12H2,1-4H3. The second-order valence-electron chi connectivity index (χ2n) is 4.52. The van der Waals surface area contributed by atoms with Gasteiger partial charge in [-0.15, -0.1) is 0 Å². The largest absolute Gasteiger partial charge is 0.330 e. The van der Waals surface area contributed by atoms with Crippen molar-refractivity contribution in [2.75, 3.05) is 6.54 Å². The van der Waals surface area contributed by atoms with Gasteiger partial charge in [-0.25, -0.2) is 4.98 Å². The molecule has 0 aliphatic heterocycles. The lowest BCUT2D eigenvalue weighted by molar-refractivity contribution is 0.567. The maximum absolute atomic E-state index is 5.53. The van der Waals surface area contributed by atoms with E-state index in [0.29, 0.717) is 6.54 Å². The summed E-state index contributed by atoms with van der Waals surface area (Å²) in [6.07, 6.45) is 0.825. The van der Waals surface area contributed by atoms with E-state index in [4.69, 9.17) is 5.73 Å². The van der Waals surface area contributed by atoms with E-state index in [9.17, 15) is 0 Å². The summed E-state index contributed by atoms with van der Waals surface area (Å²) < 4.78 is 3.13. The molecule has 0 aliphatic carbocycles. The number of nitrogens with two attached hydrogens (primary N) is 1. The molecular weight excluding hydrogens is 242 g/mol. The topological polar surface area (TPSA) is 43.8 Å². The van der Waals surface area contributed by atoms with E-state index in [1.54, 1.807) is 0 Å². The third-order valence-corrected chi connectivity index (χ3v) is 3.10. The van der Waals surface area contributed by atoms with E-state index in [1.807, 2.05) is 7.05 Å². The molecule has 0 aromatic carbocycles. The Morgan fingerprint density at radius 3 is 2.36 bits per heavy atom. The van der Waals surface area contributed by atoms with Gasteiger partial charge in [0.1, 0.15) is 10.4 Å². The normalized spacial score (nSPS) is 12.1. The highest BCUT2D eigenvalue weighted by molar-refractivity contribution is 9.10. The fourth-order valence-electron chi connectivity index (χ4n) is 1.35. The zero-order valence-corrected chi connectivity index (χ0v) is 10.8. The van der Waals surface area contributed by atoms with Crippen molar-refractivity contribution in [2.24, 2.45) is 12.8 Å². The highest BCUT2D eigenvalue weighted by atomic mass is 79.9. The Labute approximate surface area is 93.8 Å². The fraction of sp³-hybridized carbons (Fsp3) is 0.700. The molecule has 0 atom stereocenters. The Morgan fingerprint density at radius 1 is 1.43 bits per heavy atom. The molecule has 0 spiro atoms. The van der Waals surface area contributed by atoms with Crippen LogP contribution in [-0.4, -0.2) is 16.1 Å². The summed E-state index contributed by atoms with van der Waals surface area (Å²) in [5, 5.41) is 0. The average molecular weight is 260 g/mol. The Kier molecular flexibility index (Phi) is 3.37. The molecule has 2 N–H and O–H groups in total. The number of imidazole rings is 1. The first-order chi connectivity index (χ1) is 6.38. The van der Waals surface area contributed by atoms with Gasteiger partial charge in [-0.05, 0) is 22.5 Å². The highest BCUT2D eigenvalue weighted by Gasteiger charge is 2.23. The molecule has 0 radical (unpaired) electrons. The van der Waals surface area contributed by atoms with Crippen LogP contribution in [-0.2, 0) is 18.9 Å². The van der Waals surface area contributed by atoms with Crippen LogP contribution in [0, 0.1) is 0 Å². The number of hydrogen-bond acceptors (Lipinski definition) is 2. The number of rotatable bonds is 2. The Hall–Kier alpha value is -0.350. The van der Waals surface area contributed by atoms with E-state index in [2.05, 4.69) is 46.3 Å². The third kappa shape index (κ3) is 2.17. The number of hydrogen-bond donors (Lipinski definition) is 1. The van der Waals surface area contributed by atoms with Crippen LogP contribution in [0.5, 0.6) is 0 Å². The van der Waals surface area contributed by atoms with Crippen molar-refractivity contribution in [1.82, 2.24) is 9.55 Å². The monoisotopic (exact) mass is 259 g/mol. The van der Waals surface area contributed by atoms with Gasteiger partial charge in [0, 0.05) is 18.9 Å². The van der Waals surface area contributed by atoms with Gasteiger partial charge >= 0.3 is 0 Å². The van der Waals surface area contributed by atoms with Gasteiger partial charge < -0.3 is 10.3 Å². The maximum atomic E-state index is 5.53. The van der Waals surface area contributed by atoms with E-state index in [1.165, 1.54) is 0 Å². The summed E-state index contributed by atoms with van der Waals surface area (Å²) in [5.41, 5.74) is 6.70. The molecule has 1 aromatic heterocycles. The SMILES string of the molecule is Cn1c(CCN)nc(C(C)(C)C)c1Br. The number of aromatic nitrogens is 2. The van der Waals surface area contributed by atoms with Crippen LogP contribution in [0.15, 0.2) is 4.60 Å². The summed E-state index contributed by atoms with van der Waals surface area (Å²) in [5.74, 6) is 1.05. The van der Waals surface area contributed by atoms with E-state index < -0.39 is 0 Å². The van der Waals surface area contributed by atoms with Gasteiger partial charge in [-0.1, -0.05) is 20.8 Å². The summed E-state index contributed by atoms with van der Waals surface area (Å²) >= 11 is 3.57. The van der Waals surface area contributed by atoms with Crippen molar-refractivity contribution >= 4 is 15.9 Å². The van der Waals surface area contributed by atoms with Crippen LogP contribution in [0.1, 0.15) is 32.3 Å². The third-order valence-electron chi connectivity index (χ3n) is 2.20. The summed E-state index contributed by atoms with van der Waals surface area (Å²) in [4.78, 5) is 4.61. The van der Waals surface area contributed by atoms with Crippen molar-refractivity contribution < 1.29 is 0 Å². The molecule has 0 unspecified atom stereocenters. The zero-order valence-electron chi connectivity index (χ0n) is 9.26. The van der Waals surface area contributed by atoms with Crippen LogP contribution in [0.3, 0.4) is 0 Å². The van der Waals surface area contributed by atoms with Crippen molar-refractivity contribution in [2.45, 2.75) is 32.6 Å². The minimum Gasteiger partial charge on any atom is -0.330 e.